The summed E-state index contributed by atoms with van der Waals surface area (Å²) in [5, 5.41) is -0.0849. The zero-order valence-electron chi connectivity index (χ0n) is 12.7. The summed E-state index contributed by atoms with van der Waals surface area (Å²) in [6.45, 7) is -0.333. The molecule has 0 aromatic heterocycles. The smallest absolute Gasteiger partial charge is 0.276 e. The van der Waals surface area contributed by atoms with Crippen molar-refractivity contribution in [1.29, 1.82) is 0 Å². The molecule has 1 aromatic carbocycles. The Hall–Kier alpha value is -1.81. The van der Waals surface area contributed by atoms with Gasteiger partial charge in [0.1, 0.15) is 11.6 Å². The number of thioether (sulfide) groups is 1. The quantitative estimate of drug-likeness (QED) is 0.691. The van der Waals surface area contributed by atoms with Crippen molar-refractivity contribution in [3.63, 3.8) is 0 Å². The minimum absolute atomic E-state index is 0.0548. The Morgan fingerprint density at radius 3 is 2.50 bits per heavy atom. The van der Waals surface area contributed by atoms with Gasteiger partial charge in [-0.05, 0) is 30.7 Å². The lowest BCUT2D eigenvalue weighted by atomic mass is 10.3. The molecule has 0 saturated carbocycles. The molecule has 1 atom stereocenters. The highest BCUT2D eigenvalue weighted by molar-refractivity contribution is 8.02. The molecule has 1 fully saturated rings. The van der Waals surface area contributed by atoms with E-state index < -0.39 is 27.5 Å². The van der Waals surface area contributed by atoms with Crippen LogP contribution in [0.3, 0.4) is 0 Å². The minimum atomic E-state index is -2.97. The summed E-state index contributed by atoms with van der Waals surface area (Å²) in [5.74, 6) is -0.783. The molecular weight excluding hydrogens is 359 g/mol. The predicted octanol–water partition coefficient (Wildman–Crippen LogP) is 0.272. The highest BCUT2D eigenvalue weighted by Crippen LogP contribution is 2.23. The Labute approximate surface area is 143 Å². The van der Waals surface area contributed by atoms with Crippen molar-refractivity contribution in [3.8, 4) is 5.75 Å². The fourth-order valence-electron chi connectivity index (χ4n) is 1.98. The van der Waals surface area contributed by atoms with Crippen LogP contribution in [0, 0.1) is 5.82 Å². The van der Waals surface area contributed by atoms with Crippen LogP contribution in [0.1, 0.15) is 6.42 Å². The van der Waals surface area contributed by atoms with Gasteiger partial charge in [-0.1, -0.05) is 0 Å². The van der Waals surface area contributed by atoms with E-state index in [-0.39, 0.29) is 29.1 Å². The number of nitrogens with one attached hydrogen (secondary N) is 2. The molecular formula is C14H17FN2O5S2. The molecule has 1 saturated heterocycles. The summed E-state index contributed by atoms with van der Waals surface area (Å²) in [7, 11) is -2.97. The Balaban J connectivity index is 1.61. The fourth-order valence-corrected chi connectivity index (χ4v) is 5.42. The summed E-state index contributed by atoms with van der Waals surface area (Å²) in [6, 6.07) is 5.17. The lowest BCUT2D eigenvalue weighted by Gasteiger charge is -2.10. The highest BCUT2D eigenvalue weighted by Gasteiger charge is 2.28. The van der Waals surface area contributed by atoms with Gasteiger partial charge in [-0.15, -0.1) is 11.8 Å². The molecule has 0 radical (unpaired) electrons. The summed E-state index contributed by atoms with van der Waals surface area (Å²) in [6.07, 6.45) is 0.540. The summed E-state index contributed by atoms with van der Waals surface area (Å²) >= 11 is 1.25. The van der Waals surface area contributed by atoms with Crippen LogP contribution >= 0.6 is 11.8 Å². The Bertz CT molecular complexity index is 694. The molecule has 1 heterocycles. The van der Waals surface area contributed by atoms with Crippen molar-refractivity contribution in [2.24, 2.45) is 0 Å². The first kappa shape index (κ1) is 18.5. The summed E-state index contributed by atoms with van der Waals surface area (Å²) in [4.78, 5) is 23.1. The molecule has 2 amide bonds. The van der Waals surface area contributed by atoms with E-state index in [0.717, 1.165) is 0 Å². The number of rotatable bonds is 6. The second kappa shape index (κ2) is 8.34. The zero-order valence-corrected chi connectivity index (χ0v) is 14.3. The Morgan fingerprint density at radius 1 is 1.21 bits per heavy atom. The van der Waals surface area contributed by atoms with Gasteiger partial charge in [0, 0.05) is 5.25 Å². The summed E-state index contributed by atoms with van der Waals surface area (Å²) in [5.41, 5.74) is 4.41. The van der Waals surface area contributed by atoms with E-state index >= 15 is 0 Å². The lowest BCUT2D eigenvalue weighted by molar-refractivity contribution is -0.128. The van der Waals surface area contributed by atoms with Gasteiger partial charge in [0.2, 0.25) is 5.91 Å². The number of hydrazine groups is 1. The van der Waals surface area contributed by atoms with E-state index in [1.54, 1.807) is 0 Å². The standard InChI is InChI=1S/C14H17FN2O5S2/c15-10-1-3-11(4-2-10)22-7-13(18)16-17-14(19)8-23-12-5-6-24(20,21)9-12/h1-4,12H,5-9H2,(H,16,18)(H,17,19)/t12-/m1/s1. The summed E-state index contributed by atoms with van der Waals surface area (Å²) < 4.78 is 40.4. The molecule has 10 heteroatoms. The number of amides is 2. The third-order valence-corrected chi connectivity index (χ3v) is 6.45. The van der Waals surface area contributed by atoms with Crippen LogP contribution in [0.5, 0.6) is 5.75 Å². The molecule has 7 nitrogen and oxygen atoms in total. The van der Waals surface area contributed by atoms with Gasteiger partial charge in [0.05, 0.1) is 17.3 Å². The third kappa shape index (κ3) is 6.36. The van der Waals surface area contributed by atoms with Crippen LogP contribution in [0.25, 0.3) is 0 Å². The number of ether oxygens (including phenoxy) is 1. The van der Waals surface area contributed by atoms with E-state index in [2.05, 4.69) is 10.9 Å². The van der Waals surface area contributed by atoms with E-state index in [1.807, 2.05) is 0 Å². The molecule has 1 aliphatic rings. The van der Waals surface area contributed by atoms with Gasteiger partial charge in [0.15, 0.2) is 16.4 Å². The first-order valence-electron chi connectivity index (χ1n) is 7.12. The molecule has 0 spiro atoms. The van der Waals surface area contributed by atoms with E-state index in [1.165, 1.54) is 36.0 Å². The normalized spacial score (nSPS) is 18.8. The number of sulfone groups is 1. The van der Waals surface area contributed by atoms with Gasteiger partial charge in [-0.25, -0.2) is 12.8 Å². The van der Waals surface area contributed by atoms with Gasteiger partial charge in [-0.3, -0.25) is 20.4 Å². The number of benzene rings is 1. The molecule has 24 heavy (non-hydrogen) atoms. The second-order valence-corrected chi connectivity index (χ2v) is 8.69. The maximum Gasteiger partial charge on any atom is 0.276 e. The van der Waals surface area contributed by atoms with Crippen LogP contribution in [0.2, 0.25) is 0 Å². The lowest BCUT2D eigenvalue weighted by Crippen LogP contribution is -2.44. The van der Waals surface area contributed by atoms with Crippen LogP contribution in [0.15, 0.2) is 24.3 Å². The van der Waals surface area contributed by atoms with Crippen molar-refractivity contribution >= 4 is 33.4 Å². The van der Waals surface area contributed by atoms with Crippen molar-refractivity contribution < 1.29 is 27.1 Å². The highest BCUT2D eigenvalue weighted by atomic mass is 32.2. The molecule has 0 bridgehead atoms. The number of carbonyl (C=O) groups excluding carboxylic acids is 2. The first-order chi connectivity index (χ1) is 11.3. The van der Waals surface area contributed by atoms with Crippen LogP contribution in [0.4, 0.5) is 4.39 Å². The minimum Gasteiger partial charge on any atom is -0.484 e. The van der Waals surface area contributed by atoms with Crippen LogP contribution < -0.4 is 15.6 Å². The number of halogens is 1. The van der Waals surface area contributed by atoms with Crippen molar-refractivity contribution in [2.75, 3.05) is 23.9 Å². The average molecular weight is 376 g/mol. The van der Waals surface area contributed by atoms with Gasteiger partial charge >= 0.3 is 0 Å². The second-order valence-electron chi connectivity index (χ2n) is 5.17. The number of hydrogen-bond donors (Lipinski definition) is 2. The maximum atomic E-state index is 12.7. The molecule has 2 rings (SSSR count). The topological polar surface area (TPSA) is 102 Å². The Morgan fingerprint density at radius 2 is 1.88 bits per heavy atom. The van der Waals surface area contributed by atoms with Gasteiger partial charge in [-0.2, -0.15) is 0 Å². The van der Waals surface area contributed by atoms with E-state index in [4.69, 9.17) is 4.74 Å². The van der Waals surface area contributed by atoms with Crippen LogP contribution in [-0.2, 0) is 19.4 Å². The van der Waals surface area contributed by atoms with Crippen molar-refractivity contribution in [2.45, 2.75) is 11.7 Å². The monoisotopic (exact) mass is 376 g/mol. The average Bonchev–Trinajstić information content (AvgIpc) is 2.89. The molecule has 2 N–H and O–H groups in total. The molecule has 1 aromatic rings. The maximum absolute atomic E-state index is 12.7. The molecule has 0 aliphatic carbocycles. The largest absolute Gasteiger partial charge is 0.484 e. The molecule has 1 aliphatic heterocycles. The van der Waals surface area contributed by atoms with Crippen molar-refractivity contribution in [3.05, 3.63) is 30.1 Å². The number of hydrogen-bond acceptors (Lipinski definition) is 6. The SMILES string of the molecule is O=C(COc1ccc(F)cc1)NNC(=O)CS[C@@H]1CCS(=O)(=O)C1. The van der Waals surface area contributed by atoms with Crippen LogP contribution in [-0.4, -0.2) is 49.3 Å². The predicted molar refractivity (Wildman–Crippen MR) is 87.7 cm³/mol. The Kier molecular flexibility index (Phi) is 6.44. The van der Waals surface area contributed by atoms with Gasteiger partial charge < -0.3 is 4.74 Å². The van der Waals surface area contributed by atoms with E-state index in [0.29, 0.717) is 12.2 Å². The van der Waals surface area contributed by atoms with Gasteiger partial charge in [0.25, 0.3) is 5.91 Å². The fraction of sp³-hybridized carbons (Fsp3) is 0.429. The third-order valence-electron chi connectivity index (χ3n) is 3.17. The first-order valence-corrected chi connectivity index (χ1v) is 9.99. The van der Waals surface area contributed by atoms with E-state index in [9.17, 15) is 22.4 Å². The number of carbonyl (C=O) groups is 2. The molecule has 132 valence electrons. The van der Waals surface area contributed by atoms with Crippen molar-refractivity contribution in [1.82, 2.24) is 10.9 Å². The molecule has 0 unspecified atom stereocenters. The zero-order chi connectivity index (χ0) is 17.6.